The molecule has 1 nitrogen and oxygen atoms in total. The molecule has 1 rings (SSSR count). The highest BCUT2D eigenvalue weighted by atomic mass is 127. The third kappa shape index (κ3) is 4.87. The summed E-state index contributed by atoms with van der Waals surface area (Å²) in [5, 5.41) is 3.44. The van der Waals surface area contributed by atoms with E-state index in [9.17, 15) is 0 Å². The van der Waals surface area contributed by atoms with Gasteiger partial charge in [-0.1, -0.05) is 42.6 Å². The van der Waals surface area contributed by atoms with Crippen molar-refractivity contribution < 1.29 is 0 Å². The van der Waals surface area contributed by atoms with Gasteiger partial charge in [-0.3, -0.25) is 0 Å². The highest BCUT2D eigenvalue weighted by molar-refractivity contribution is 14.1. The predicted molar refractivity (Wildman–Crippen MR) is 87.3 cm³/mol. The van der Waals surface area contributed by atoms with Crippen molar-refractivity contribution in [1.82, 2.24) is 5.32 Å². The zero-order valence-corrected chi connectivity index (χ0v) is 14.5. The first-order chi connectivity index (χ1) is 8.08. The van der Waals surface area contributed by atoms with E-state index >= 15 is 0 Å². The molecule has 0 saturated carbocycles. The molecule has 2 atom stereocenters. The van der Waals surface area contributed by atoms with Crippen LogP contribution >= 0.6 is 38.5 Å². The van der Waals surface area contributed by atoms with Crippen LogP contribution in [0.4, 0.5) is 0 Å². The van der Waals surface area contributed by atoms with E-state index in [1.807, 2.05) is 0 Å². The van der Waals surface area contributed by atoms with E-state index in [1.54, 1.807) is 0 Å². The molecule has 1 N–H and O–H groups in total. The van der Waals surface area contributed by atoms with Gasteiger partial charge in [-0.05, 0) is 65.7 Å². The normalized spacial score (nSPS) is 14.6. The predicted octanol–water partition coefficient (Wildman–Crippen LogP) is 5.14. The Bertz CT molecular complexity index is 354. The van der Waals surface area contributed by atoms with Crippen molar-refractivity contribution in [2.24, 2.45) is 5.92 Å². The van der Waals surface area contributed by atoms with Crippen molar-refractivity contribution in [3.63, 3.8) is 0 Å². The number of rotatable bonds is 6. The van der Waals surface area contributed by atoms with Gasteiger partial charge < -0.3 is 5.32 Å². The zero-order valence-electron chi connectivity index (χ0n) is 10.8. The van der Waals surface area contributed by atoms with Crippen LogP contribution in [0.3, 0.4) is 0 Å². The minimum Gasteiger partial charge on any atom is -0.313 e. The van der Waals surface area contributed by atoms with Crippen molar-refractivity contribution in [1.29, 1.82) is 0 Å². The first-order valence-corrected chi connectivity index (χ1v) is 8.07. The molecule has 0 aliphatic heterocycles. The molecule has 0 heterocycles. The average Bonchev–Trinajstić information content (AvgIpc) is 2.30. The molecule has 3 heteroatoms. The average molecular weight is 410 g/mol. The second-order valence-electron chi connectivity index (χ2n) is 4.64. The SMILES string of the molecule is CCCC(C)CC(NC)c1cc(I)ccc1Br. The summed E-state index contributed by atoms with van der Waals surface area (Å²) in [5.41, 5.74) is 1.38. The molecule has 2 unspecified atom stereocenters. The van der Waals surface area contributed by atoms with Crippen LogP contribution in [0.15, 0.2) is 22.7 Å². The summed E-state index contributed by atoms with van der Waals surface area (Å²) in [6.45, 7) is 4.60. The summed E-state index contributed by atoms with van der Waals surface area (Å²) in [7, 11) is 2.05. The summed E-state index contributed by atoms with van der Waals surface area (Å²) in [6, 6.07) is 6.99. The van der Waals surface area contributed by atoms with Crippen LogP contribution in [0.5, 0.6) is 0 Å². The van der Waals surface area contributed by atoms with Crippen LogP contribution in [-0.2, 0) is 0 Å². The molecular weight excluding hydrogens is 389 g/mol. The Morgan fingerprint density at radius 3 is 2.71 bits per heavy atom. The maximum Gasteiger partial charge on any atom is 0.0331 e. The summed E-state index contributed by atoms with van der Waals surface area (Å²) in [4.78, 5) is 0. The Hall–Kier alpha value is 0.390. The topological polar surface area (TPSA) is 12.0 Å². The van der Waals surface area contributed by atoms with Crippen molar-refractivity contribution >= 4 is 38.5 Å². The van der Waals surface area contributed by atoms with E-state index in [4.69, 9.17) is 0 Å². The van der Waals surface area contributed by atoms with Gasteiger partial charge in [0.25, 0.3) is 0 Å². The fourth-order valence-electron chi connectivity index (χ4n) is 2.19. The molecule has 0 radical (unpaired) electrons. The smallest absolute Gasteiger partial charge is 0.0331 e. The van der Waals surface area contributed by atoms with Gasteiger partial charge in [0.1, 0.15) is 0 Å². The third-order valence-electron chi connectivity index (χ3n) is 3.10. The first kappa shape index (κ1) is 15.4. The fourth-order valence-corrected chi connectivity index (χ4v) is 3.23. The largest absolute Gasteiger partial charge is 0.313 e. The molecule has 0 saturated heterocycles. The van der Waals surface area contributed by atoms with Gasteiger partial charge in [0.05, 0.1) is 0 Å². The molecule has 0 aliphatic carbocycles. The Morgan fingerprint density at radius 2 is 2.12 bits per heavy atom. The Balaban J connectivity index is 2.82. The minimum atomic E-state index is 0.445. The Morgan fingerprint density at radius 1 is 1.41 bits per heavy atom. The fraction of sp³-hybridized carbons (Fsp3) is 0.571. The molecular formula is C14H21BrIN. The van der Waals surface area contributed by atoms with Crippen LogP contribution in [0.1, 0.15) is 44.7 Å². The molecule has 0 fully saturated rings. The Labute approximate surface area is 127 Å². The third-order valence-corrected chi connectivity index (χ3v) is 4.49. The lowest BCUT2D eigenvalue weighted by Gasteiger charge is -2.22. The molecule has 17 heavy (non-hydrogen) atoms. The lowest BCUT2D eigenvalue weighted by atomic mass is 9.93. The van der Waals surface area contributed by atoms with E-state index in [0.717, 1.165) is 5.92 Å². The summed E-state index contributed by atoms with van der Waals surface area (Å²) in [5.74, 6) is 0.766. The van der Waals surface area contributed by atoms with Gasteiger partial charge in [0.15, 0.2) is 0 Å². The van der Waals surface area contributed by atoms with Gasteiger partial charge in [-0.2, -0.15) is 0 Å². The van der Waals surface area contributed by atoms with Gasteiger partial charge in [-0.25, -0.2) is 0 Å². The number of halogens is 2. The molecule has 0 aromatic heterocycles. The standard InChI is InChI=1S/C14H21BrIN/c1-4-5-10(2)8-14(17-3)12-9-11(16)6-7-13(12)15/h6-7,9-10,14,17H,4-5,8H2,1-3H3. The highest BCUT2D eigenvalue weighted by Gasteiger charge is 2.16. The molecule has 1 aromatic carbocycles. The van der Waals surface area contributed by atoms with Crippen LogP contribution in [0, 0.1) is 9.49 Å². The zero-order chi connectivity index (χ0) is 12.8. The van der Waals surface area contributed by atoms with Crippen molar-refractivity contribution in [3.05, 3.63) is 31.8 Å². The van der Waals surface area contributed by atoms with Crippen molar-refractivity contribution in [3.8, 4) is 0 Å². The minimum absolute atomic E-state index is 0.445. The van der Waals surface area contributed by atoms with Gasteiger partial charge in [0, 0.05) is 14.1 Å². The maximum atomic E-state index is 3.66. The second kappa shape index (κ2) is 7.74. The quantitative estimate of drug-likeness (QED) is 0.641. The summed E-state index contributed by atoms with van der Waals surface area (Å²) < 4.78 is 2.50. The van der Waals surface area contributed by atoms with Crippen LogP contribution in [0.2, 0.25) is 0 Å². The highest BCUT2D eigenvalue weighted by Crippen LogP contribution is 2.30. The van der Waals surface area contributed by atoms with Crippen LogP contribution < -0.4 is 5.32 Å². The van der Waals surface area contributed by atoms with E-state index < -0.39 is 0 Å². The van der Waals surface area contributed by atoms with Crippen molar-refractivity contribution in [2.75, 3.05) is 7.05 Å². The number of hydrogen-bond acceptors (Lipinski definition) is 1. The van der Waals surface area contributed by atoms with Gasteiger partial charge in [-0.15, -0.1) is 0 Å². The van der Waals surface area contributed by atoms with E-state index in [-0.39, 0.29) is 0 Å². The van der Waals surface area contributed by atoms with E-state index in [0.29, 0.717) is 6.04 Å². The van der Waals surface area contributed by atoms with E-state index in [2.05, 4.69) is 82.9 Å². The number of benzene rings is 1. The maximum absolute atomic E-state index is 3.66. The molecule has 0 bridgehead atoms. The molecule has 0 aliphatic rings. The number of hydrogen-bond donors (Lipinski definition) is 1. The lowest BCUT2D eigenvalue weighted by molar-refractivity contribution is 0.406. The lowest BCUT2D eigenvalue weighted by Crippen LogP contribution is -2.19. The van der Waals surface area contributed by atoms with Crippen LogP contribution in [-0.4, -0.2) is 7.05 Å². The molecule has 1 aromatic rings. The molecule has 0 amide bonds. The van der Waals surface area contributed by atoms with Crippen LogP contribution in [0.25, 0.3) is 0 Å². The van der Waals surface area contributed by atoms with Gasteiger partial charge >= 0.3 is 0 Å². The van der Waals surface area contributed by atoms with E-state index in [1.165, 1.54) is 32.9 Å². The molecule has 0 spiro atoms. The first-order valence-electron chi connectivity index (χ1n) is 6.20. The summed E-state index contributed by atoms with van der Waals surface area (Å²) >= 11 is 6.03. The van der Waals surface area contributed by atoms with Crippen molar-refractivity contribution in [2.45, 2.75) is 39.2 Å². The monoisotopic (exact) mass is 409 g/mol. The molecule has 96 valence electrons. The summed E-state index contributed by atoms with van der Waals surface area (Å²) in [6.07, 6.45) is 3.77. The second-order valence-corrected chi connectivity index (χ2v) is 6.74. The van der Waals surface area contributed by atoms with Gasteiger partial charge in [0.2, 0.25) is 0 Å². The Kier molecular flexibility index (Phi) is 7.04. The number of nitrogens with one attached hydrogen (secondary N) is 1.